The van der Waals surface area contributed by atoms with Gasteiger partial charge in [-0.25, -0.2) is 9.67 Å². The van der Waals surface area contributed by atoms with Crippen molar-refractivity contribution in [1.82, 2.24) is 30.3 Å². The predicted octanol–water partition coefficient (Wildman–Crippen LogP) is 1.70. The molecule has 0 aliphatic heterocycles. The Kier molecular flexibility index (Phi) is 3.16. The molecule has 3 aromatic rings. The number of nitrogens with zero attached hydrogens (tertiary/aromatic N) is 4. The lowest BCUT2D eigenvalue weighted by atomic mass is 10.3. The number of nitrogens with one attached hydrogen (secondary N) is 2. The van der Waals surface area contributed by atoms with E-state index in [1.54, 1.807) is 0 Å². The van der Waals surface area contributed by atoms with E-state index in [9.17, 15) is 0 Å². The molecule has 6 nitrogen and oxygen atoms in total. The third-order valence-electron chi connectivity index (χ3n) is 3.77. The minimum Gasteiger partial charge on any atom is -0.340 e. The normalized spacial score (nSPS) is 14.9. The molecule has 0 unspecified atom stereocenters. The van der Waals surface area contributed by atoms with Crippen molar-refractivity contribution in [2.75, 3.05) is 6.54 Å². The molecule has 0 bridgehead atoms. The van der Waals surface area contributed by atoms with Crippen molar-refractivity contribution in [3.05, 3.63) is 42.0 Å². The molecule has 1 aromatic carbocycles. The van der Waals surface area contributed by atoms with Gasteiger partial charge in [0.2, 0.25) is 0 Å². The number of rotatable bonds is 6. The van der Waals surface area contributed by atoms with Crippen molar-refractivity contribution in [1.29, 1.82) is 0 Å². The van der Waals surface area contributed by atoms with Gasteiger partial charge in [0.25, 0.3) is 0 Å². The molecule has 21 heavy (non-hydrogen) atoms. The van der Waals surface area contributed by atoms with Crippen molar-refractivity contribution < 1.29 is 0 Å². The summed E-state index contributed by atoms with van der Waals surface area (Å²) in [4.78, 5) is 7.86. The van der Waals surface area contributed by atoms with Crippen LogP contribution in [0, 0.1) is 5.92 Å². The quantitative estimate of drug-likeness (QED) is 0.722. The van der Waals surface area contributed by atoms with E-state index in [0.29, 0.717) is 6.54 Å². The van der Waals surface area contributed by atoms with E-state index in [2.05, 4.69) is 25.6 Å². The summed E-state index contributed by atoms with van der Waals surface area (Å²) in [5, 5.41) is 11.8. The molecule has 0 radical (unpaired) electrons. The first-order chi connectivity index (χ1) is 10.4. The van der Waals surface area contributed by atoms with Crippen LogP contribution in [0.2, 0.25) is 0 Å². The molecule has 6 heteroatoms. The molecular formula is C15H18N6. The van der Waals surface area contributed by atoms with Crippen molar-refractivity contribution in [2.45, 2.75) is 25.9 Å². The van der Waals surface area contributed by atoms with Crippen LogP contribution in [0.4, 0.5) is 0 Å². The largest absolute Gasteiger partial charge is 0.340 e. The molecule has 2 heterocycles. The van der Waals surface area contributed by atoms with E-state index < -0.39 is 0 Å². The highest BCUT2D eigenvalue weighted by atomic mass is 15.4. The predicted molar refractivity (Wildman–Crippen MR) is 79.6 cm³/mol. The van der Waals surface area contributed by atoms with Gasteiger partial charge in [0, 0.05) is 6.54 Å². The van der Waals surface area contributed by atoms with E-state index in [-0.39, 0.29) is 0 Å². The van der Waals surface area contributed by atoms with Gasteiger partial charge in [0.05, 0.1) is 22.9 Å². The van der Waals surface area contributed by atoms with Crippen LogP contribution in [0.15, 0.2) is 30.5 Å². The Morgan fingerprint density at radius 3 is 3.05 bits per heavy atom. The zero-order valence-electron chi connectivity index (χ0n) is 11.8. The Balaban J connectivity index is 1.40. The van der Waals surface area contributed by atoms with Crippen LogP contribution in [0.3, 0.4) is 0 Å². The van der Waals surface area contributed by atoms with E-state index in [4.69, 9.17) is 0 Å². The van der Waals surface area contributed by atoms with Crippen LogP contribution in [-0.4, -0.2) is 31.5 Å². The van der Waals surface area contributed by atoms with Crippen LogP contribution in [0.1, 0.15) is 24.4 Å². The van der Waals surface area contributed by atoms with Gasteiger partial charge < -0.3 is 10.3 Å². The number of aromatic nitrogens is 5. The van der Waals surface area contributed by atoms with Crippen molar-refractivity contribution in [2.24, 2.45) is 5.92 Å². The second-order valence-electron chi connectivity index (χ2n) is 5.68. The summed E-state index contributed by atoms with van der Waals surface area (Å²) in [6.07, 6.45) is 4.71. The van der Waals surface area contributed by atoms with E-state index >= 15 is 0 Å². The smallest absolute Gasteiger partial charge is 0.129 e. The number of hydrogen-bond donors (Lipinski definition) is 2. The second-order valence-corrected chi connectivity index (χ2v) is 5.68. The Bertz CT molecular complexity index is 706. The molecule has 2 aromatic heterocycles. The maximum atomic E-state index is 4.55. The maximum absolute atomic E-state index is 4.55. The average molecular weight is 282 g/mol. The first-order valence-corrected chi connectivity index (χ1v) is 7.40. The fourth-order valence-electron chi connectivity index (χ4n) is 2.46. The first-order valence-electron chi connectivity index (χ1n) is 7.40. The van der Waals surface area contributed by atoms with Crippen LogP contribution in [0.25, 0.3) is 11.0 Å². The van der Waals surface area contributed by atoms with Gasteiger partial charge in [-0.1, -0.05) is 17.3 Å². The fraction of sp³-hybridized carbons (Fsp3) is 0.400. The Hall–Kier alpha value is -2.21. The maximum Gasteiger partial charge on any atom is 0.129 e. The van der Waals surface area contributed by atoms with Crippen LogP contribution in [0.5, 0.6) is 0 Å². The van der Waals surface area contributed by atoms with Gasteiger partial charge in [-0.2, -0.15) is 0 Å². The average Bonchev–Trinajstić information content (AvgIpc) is 3.06. The highest BCUT2D eigenvalue weighted by Crippen LogP contribution is 2.27. The molecule has 0 amide bonds. The molecule has 1 fully saturated rings. The molecule has 0 spiro atoms. The number of benzene rings is 1. The SMILES string of the molecule is c1ccc2[nH]c(Cn3cc(CNCC4CC4)nn3)nc2c1. The van der Waals surface area contributed by atoms with Crippen molar-refractivity contribution in [3.8, 4) is 0 Å². The number of imidazole rings is 1. The second kappa shape index (κ2) is 5.29. The lowest BCUT2D eigenvalue weighted by molar-refractivity contribution is 0.623. The summed E-state index contributed by atoms with van der Waals surface area (Å²) in [5.74, 6) is 1.79. The molecule has 2 N–H and O–H groups in total. The fourth-order valence-corrected chi connectivity index (χ4v) is 2.46. The minimum absolute atomic E-state index is 0.615. The van der Waals surface area contributed by atoms with E-state index in [1.807, 2.05) is 35.1 Å². The van der Waals surface area contributed by atoms with Crippen LogP contribution < -0.4 is 5.32 Å². The lowest BCUT2D eigenvalue weighted by Gasteiger charge is -1.98. The first kappa shape index (κ1) is 12.5. The third-order valence-corrected chi connectivity index (χ3v) is 3.77. The van der Waals surface area contributed by atoms with Crippen LogP contribution >= 0.6 is 0 Å². The summed E-state index contributed by atoms with van der Waals surface area (Å²) in [6.45, 7) is 2.50. The van der Waals surface area contributed by atoms with Gasteiger partial charge in [-0.05, 0) is 37.4 Å². The monoisotopic (exact) mass is 282 g/mol. The number of hydrogen-bond acceptors (Lipinski definition) is 4. The van der Waals surface area contributed by atoms with Crippen LogP contribution in [-0.2, 0) is 13.1 Å². The van der Waals surface area contributed by atoms with Crippen molar-refractivity contribution in [3.63, 3.8) is 0 Å². The molecule has 1 aliphatic carbocycles. The molecule has 4 rings (SSSR count). The van der Waals surface area contributed by atoms with E-state index in [0.717, 1.165) is 41.6 Å². The highest BCUT2D eigenvalue weighted by Gasteiger charge is 2.20. The van der Waals surface area contributed by atoms with Gasteiger partial charge in [-0.3, -0.25) is 0 Å². The molecule has 0 atom stereocenters. The topological polar surface area (TPSA) is 71.4 Å². The summed E-state index contributed by atoms with van der Waals surface area (Å²) in [7, 11) is 0. The van der Waals surface area contributed by atoms with E-state index in [1.165, 1.54) is 12.8 Å². The highest BCUT2D eigenvalue weighted by molar-refractivity contribution is 5.74. The third kappa shape index (κ3) is 2.95. The van der Waals surface area contributed by atoms with Gasteiger partial charge in [0.15, 0.2) is 0 Å². The molecule has 1 aliphatic rings. The van der Waals surface area contributed by atoms with Gasteiger partial charge in [-0.15, -0.1) is 5.10 Å². The summed E-state index contributed by atoms with van der Waals surface area (Å²) < 4.78 is 1.83. The Morgan fingerprint density at radius 2 is 2.19 bits per heavy atom. The zero-order chi connectivity index (χ0) is 14.1. The summed E-state index contributed by atoms with van der Waals surface area (Å²) in [6, 6.07) is 8.03. The summed E-state index contributed by atoms with van der Waals surface area (Å²) >= 11 is 0. The minimum atomic E-state index is 0.615. The van der Waals surface area contributed by atoms with Crippen molar-refractivity contribution >= 4 is 11.0 Å². The molecule has 1 saturated carbocycles. The Labute approximate surface area is 122 Å². The molecular weight excluding hydrogens is 264 g/mol. The van der Waals surface area contributed by atoms with Gasteiger partial charge in [0.1, 0.15) is 12.4 Å². The summed E-state index contributed by atoms with van der Waals surface area (Å²) in [5.41, 5.74) is 3.02. The number of para-hydroxylation sites is 2. The molecule has 108 valence electrons. The van der Waals surface area contributed by atoms with Gasteiger partial charge >= 0.3 is 0 Å². The zero-order valence-corrected chi connectivity index (χ0v) is 11.8. The standard InChI is InChI=1S/C15H18N6/c1-2-4-14-13(3-1)17-15(18-14)10-21-9-12(19-20-21)8-16-7-11-5-6-11/h1-4,9,11,16H,5-8,10H2,(H,17,18). The number of fused-ring (bicyclic) bond motifs is 1. The lowest BCUT2D eigenvalue weighted by Crippen LogP contribution is -2.16. The number of H-pyrrole nitrogens is 1. The number of aromatic amines is 1. The Morgan fingerprint density at radius 1 is 1.29 bits per heavy atom. The molecule has 0 saturated heterocycles.